The second-order valence-corrected chi connectivity index (χ2v) is 4.46. The van der Waals surface area contributed by atoms with Gasteiger partial charge in [-0.15, -0.1) is 0 Å². The summed E-state index contributed by atoms with van der Waals surface area (Å²) in [6, 6.07) is 7.93. The van der Waals surface area contributed by atoms with E-state index in [1.165, 1.54) is 5.56 Å². The van der Waals surface area contributed by atoms with E-state index in [1.54, 1.807) is 6.08 Å². The lowest BCUT2D eigenvalue weighted by Gasteiger charge is -1.97. The molecule has 0 bridgehead atoms. The number of amides is 2. The van der Waals surface area contributed by atoms with Gasteiger partial charge in [-0.05, 0) is 35.4 Å². The van der Waals surface area contributed by atoms with Crippen LogP contribution in [-0.2, 0) is 11.2 Å². The van der Waals surface area contributed by atoms with Crippen LogP contribution in [0, 0.1) is 0 Å². The number of aryl methyl sites for hydroxylation is 1. The van der Waals surface area contributed by atoms with Gasteiger partial charge in [-0.3, -0.25) is 14.9 Å². The Morgan fingerprint density at radius 2 is 1.94 bits per heavy atom. The van der Waals surface area contributed by atoms with Gasteiger partial charge in [0, 0.05) is 0 Å². The van der Waals surface area contributed by atoms with E-state index < -0.39 is 0 Å². The highest BCUT2D eigenvalue weighted by atomic mass is 32.2. The van der Waals surface area contributed by atoms with Crippen LogP contribution in [0.15, 0.2) is 29.2 Å². The van der Waals surface area contributed by atoms with E-state index in [1.807, 2.05) is 24.3 Å². The van der Waals surface area contributed by atoms with Crippen LogP contribution in [0.1, 0.15) is 18.1 Å². The van der Waals surface area contributed by atoms with Crippen LogP contribution in [0.25, 0.3) is 6.08 Å². The molecule has 1 aromatic carbocycles. The summed E-state index contributed by atoms with van der Waals surface area (Å²) in [6.07, 6.45) is 2.72. The third kappa shape index (κ3) is 2.33. The van der Waals surface area contributed by atoms with Crippen molar-refractivity contribution in [1.82, 2.24) is 5.32 Å². The number of thioether (sulfide) groups is 1. The van der Waals surface area contributed by atoms with Crippen molar-refractivity contribution in [2.75, 3.05) is 0 Å². The van der Waals surface area contributed by atoms with Gasteiger partial charge in [0.2, 0.25) is 0 Å². The second kappa shape index (κ2) is 4.53. The van der Waals surface area contributed by atoms with Gasteiger partial charge in [-0.25, -0.2) is 0 Å². The first-order valence-electron chi connectivity index (χ1n) is 5.03. The molecule has 1 aromatic rings. The predicted octanol–water partition coefficient (Wildman–Crippen LogP) is 2.57. The first kappa shape index (κ1) is 11.0. The fourth-order valence-electron chi connectivity index (χ4n) is 1.42. The zero-order chi connectivity index (χ0) is 11.5. The largest absolute Gasteiger partial charge is 0.290 e. The number of benzene rings is 1. The molecule has 1 heterocycles. The highest BCUT2D eigenvalue weighted by molar-refractivity contribution is 8.18. The van der Waals surface area contributed by atoms with Gasteiger partial charge in [-0.2, -0.15) is 0 Å². The highest BCUT2D eigenvalue weighted by Gasteiger charge is 2.24. The average molecular weight is 233 g/mol. The number of rotatable bonds is 2. The molecule has 2 rings (SSSR count). The molecule has 3 nitrogen and oxygen atoms in total. The monoisotopic (exact) mass is 233 g/mol. The van der Waals surface area contributed by atoms with Crippen LogP contribution >= 0.6 is 11.8 Å². The van der Waals surface area contributed by atoms with E-state index in [4.69, 9.17) is 0 Å². The number of imide groups is 1. The smallest absolute Gasteiger partial charge is 0.282 e. The third-order valence-corrected chi connectivity index (χ3v) is 3.14. The molecule has 82 valence electrons. The van der Waals surface area contributed by atoms with Gasteiger partial charge in [0.05, 0.1) is 4.91 Å². The molecule has 1 N–H and O–H groups in total. The number of hydrogen-bond acceptors (Lipinski definition) is 3. The maximum Gasteiger partial charge on any atom is 0.290 e. The molecule has 0 atom stereocenters. The molecular formula is C12H11NO2S. The fourth-order valence-corrected chi connectivity index (χ4v) is 2.10. The molecule has 4 heteroatoms. The molecule has 2 amide bonds. The minimum absolute atomic E-state index is 0.304. The SMILES string of the molecule is CCc1ccc(/C=C2\SC(=O)NC2=O)cc1. The summed E-state index contributed by atoms with van der Waals surface area (Å²) < 4.78 is 0. The number of carbonyl (C=O) groups excluding carboxylic acids is 2. The van der Waals surface area contributed by atoms with Gasteiger partial charge in [0.15, 0.2) is 0 Å². The quantitative estimate of drug-likeness (QED) is 0.798. The Morgan fingerprint density at radius 1 is 1.25 bits per heavy atom. The van der Waals surface area contributed by atoms with Crippen molar-refractivity contribution in [3.8, 4) is 0 Å². The number of nitrogens with one attached hydrogen (secondary N) is 1. The summed E-state index contributed by atoms with van der Waals surface area (Å²) in [6.45, 7) is 2.09. The Balaban J connectivity index is 2.22. The van der Waals surface area contributed by atoms with E-state index in [0.717, 1.165) is 23.7 Å². The molecule has 0 unspecified atom stereocenters. The maximum absolute atomic E-state index is 11.3. The van der Waals surface area contributed by atoms with E-state index in [-0.39, 0.29) is 11.1 Å². The predicted molar refractivity (Wildman–Crippen MR) is 64.9 cm³/mol. The molecule has 16 heavy (non-hydrogen) atoms. The lowest BCUT2D eigenvalue weighted by molar-refractivity contribution is -0.115. The Bertz CT molecular complexity index is 462. The van der Waals surface area contributed by atoms with Crippen LogP contribution in [0.2, 0.25) is 0 Å². The van der Waals surface area contributed by atoms with Crippen molar-refractivity contribution >= 4 is 29.0 Å². The van der Waals surface area contributed by atoms with Gasteiger partial charge in [0.1, 0.15) is 0 Å². The minimum atomic E-state index is -0.311. The zero-order valence-electron chi connectivity index (χ0n) is 8.82. The van der Waals surface area contributed by atoms with E-state index in [9.17, 15) is 9.59 Å². The molecule has 0 radical (unpaired) electrons. The van der Waals surface area contributed by atoms with E-state index in [2.05, 4.69) is 12.2 Å². The molecule has 1 aliphatic heterocycles. The van der Waals surface area contributed by atoms with Crippen molar-refractivity contribution in [2.45, 2.75) is 13.3 Å². The molecule has 1 aliphatic rings. The molecular weight excluding hydrogens is 222 g/mol. The standard InChI is InChI=1S/C12H11NO2S/c1-2-8-3-5-9(6-4-8)7-10-11(14)13-12(15)16-10/h3-7H,2H2,1H3,(H,13,14,15)/b10-7-. The highest BCUT2D eigenvalue weighted by Crippen LogP contribution is 2.25. The molecule has 1 fully saturated rings. The van der Waals surface area contributed by atoms with Crippen LogP contribution in [-0.4, -0.2) is 11.1 Å². The van der Waals surface area contributed by atoms with Crippen molar-refractivity contribution in [3.63, 3.8) is 0 Å². The summed E-state index contributed by atoms with van der Waals surface area (Å²) in [5, 5.41) is 1.92. The summed E-state index contributed by atoms with van der Waals surface area (Å²) in [5.74, 6) is -0.311. The van der Waals surface area contributed by atoms with Gasteiger partial charge in [0.25, 0.3) is 11.1 Å². The van der Waals surface area contributed by atoms with Gasteiger partial charge < -0.3 is 0 Å². The molecule has 1 saturated heterocycles. The van der Waals surface area contributed by atoms with Gasteiger partial charge in [-0.1, -0.05) is 31.2 Å². The van der Waals surface area contributed by atoms with Crippen LogP contribution < -0.4 is 5.32 Å². The number of hydrogen-bond donors (Lipinski definition) is 1. The fraction of sp³-hybridized carbons (Fsp3) is 0.167. The van der Waals surface area contributed by atoms with Crippen molar-refractivity contribution in [1.29, 1.82) is 0 Å². The van der Waals surface area contributed by atoms with Crippen LogP contribution in [0.4, 0.5) is 4.79 Å². The Morgan fingerprint density at radius 3 is 2.44 bits per heavy atom. The minimum Gasteiger partial charge on any atom is -0.282 e. The molecule has 0 aromatic heterocycles. The Labute approximate surface area is 97.9 Å². The van der Waals surface area contributed by atoms with Crippen molar-refractivity contribution < 1.29 is 9.59 Å². The topological polar surface area (TPSA) is 46.2 Å². The Kier molecular flexibility index (Phi) is 3.10. The first-order valence-corrected chi connectivity index (χ1v) is 5.84. The van der Waals surface area contributed by atoms with Gasteiger partial charge >= 0.3 is 0 Å². The normalized spacial score (nSPS) is 17.9. The van der Waals surface area contributed by atoms with Crippen LogP contribution in [0.3, 0.4) is 0 Å². The number of carbonyl (C=O) groups is 2. The molecule has 0 aliphatic carbocycles. The summed E-state index contributed by atoms with van der Waals surface area (Å²) in [4.78, 5) is 22.7. The van der Waals surface area contributed by atoms with E-state index in [0.29, 0.717) is 4.91 Å². The zero-order valence-corrected chi connectivity index (χ0v) is 9.64. The average Bonchev–Trinajstić information content (AvgIpc) is 2.59. The maximum atomic E-state index is 11.3. The lowest BCUT2D eigenvalue weighted by atomic mass is 10.1. The van der Waals surface area contributed by atoms with Crippen molar-refractivity contribution in [2.24, 2.45) is 0 Å². The first-order chi connectivity index (χ1) is 7.69. The second-order valence-electron chi connectivity index (χ2n) is 3.45. The summed E-state index contributed by atoms with van der Waals surface area (Å²) >= 11 is 0.940. The van der Waals surface area contributed by atoms with Crippen LogP contribution in [0.5, 0.6) is 0 Å². The lowest BCUT2D eigenvalue weighted by Crippen LogP contribution is -2.17. The molecule has 0 saturated carbocycles. The Hall–Kier alpha value is -1.55. The third-order valence-electron chi connectivity index (χ3n) is 2.33. The summed E-state index contributed by atoms with van der Waals surface area (Å²) in [7, 11) is 0. The summed E-state index contributed by atoms with van der Waals surface area (Å²) in [5.41, 5.74) is 2.19. The van der Waals surface area contributed by atoms with E-state index >= 15 is 0 Å². The molecule has 0 spiro atoms. The van der Waals surface area contributed by atoms with Crippen molar-refractivity contribution in [3.05, 3.63) is 40.3 Å².